The first-order chi connectivity index (χ1) is 10.8. The summed E-state index contributed by atoms with van der Waals surface area (Å²) in [7, 11) is 0. The lowest BCUT2D eigenvalue weighted by molar-refractivity contribution is -0.144. The summed E-state index contributed by atoms with van der Waals surface area (Å²) in [6.07, 6.45) is 1.92. The van der Waals surface area contributed by atoms with Crippen LogP contribution in [-0.2, 0) is 20.8 Å². The predicted octanol–water partition coefficient (Wildman–Crippen LogP) is 1.41. The Kier molecular flexibility index (Phi) is 3.86. The van der Waals surface area contributed by atoms with Crippen molar-refractivity contribution in [3.8, 4) is 0 Å². The minimum absolute atomic E-state index is 0.0425. The minimum Gasteiger partial charge on any atom is -0.376 e. The topological polar surface area (TPSA) is 42.0 Å². The van der Waals surface area contributed by atoms with Gasteiger partial charge in [0.2, 0.25) is 0 Å². The molecule has 3 aliphatic rings. The number of hydrogen-bond acceptors (Lipinski definition) is 4. The first-order valence-corrected chi connectivity index (χ1v) is 8.15. The fourth-order valence-electron chi connectivity index (χ4n) is 3.76. The second-order valence-electron chi connectivity index (χ2n) is 6.28. The van der Waals surface area contributed by atoms with Crippen LogP contribution in [0.1, 0.15) is 18.4 Å². The first-order valence-electron chi connectivity index (χ1n) is 8.15. The van der Waals surface area contributed by atoms with E-state index in [9.17, 15) is 4.79 Å². The van der Waals surface area contributed by atoms with Gasteiger partial charge in [-0.2, -0.15) is 0 Å². The highest BCUT2D eigenvalue weighted by Crippen LogP contribution is 2.32. The molecule has 4 rings (SSSR count). The van der Waals surface area contributed by atoms with Gasteiger partial charge in [0, 0.05) is 24.8 Å². The zero-order valence-electron chi connectivity index (χ0n) is 12.7. The van der Waals surface area contributed by atoms with Crippen LogP contribution in [-0.4, -0.2) is 55.9 Å². The number of anilines is 1. The number of fused-ring (bicyclic) bond motifs is 2. The van der Waals surface area contributed by atoms with Gasteiger partial charge in [-0.3, -0.25) is 9.69 Å². The van der Waals surface area contributed by atoms with E-state index in [1.807, 2.05) is 11.0 Å². The molecule has 1 aromatic carbocycles. The minimum atomic E-state index is -0.463. The quantitative estimate of drug-likeness (QED) is 0.787. The van der Waals surface area contributed by atoms with Crippen molar-refractivity contribution in [2.75, 3.05) is 37.8 Å². The van der Waals surface area contributed by atoms with Crippen molar-refractivity contribution < 1.29 is 14.3 Å². The van der Waals surface area contributed by atoms with Crippen LogP contribution in [0.3, 0.4) is 0 Å². The highest BCUT2D eigenvalue weighted by atomic mass is 16.6. The lowest BCUT2D eigenvalue weighted by atomic mass is 10.1. The fraction of sp³-hybridized carbons (Fsp3) is 0.588. The molecule has 118 valence electrons. The van der Waals surface area contributed by atoms with Crippen LogP contribution in [0.5, 0.6) is 0 Å². The third-order valence-electron chi connectivity index (χ3n) is 4.91. The maximum absolute atomic E-state index is 13.0. The molecule has 2 saturated heterocycles. The molecule has 22 heavy (non-hydrogen) atoms. The highest BCUT2D eigenvalue weighted by Gasteiger charge is 2.36. The van der Waals surface area contributed by atoms with Crippen LogP contribution in [0.15, 0.2) is 24.3 Å². The summed E-state index contributed by atoms with van der Waals surface area (Å²) in [6.45, 7) is 4.27. The Balaban J connectivity index is 1.65. The molecule has 3 heterocycles. The molecule has 0 saturated carbocycles. The lowest BCUT2D eigenvalue weighted by Crippen LogP contribution is -2.48. The third kappa shape index (κ3) is 2.53. The average Bonchev–Trinajstić information content (AvgIpc) is 2.94. The molecule has 1 amide bonds. The summed E-state index contributed by atoms with van der Waals surface area (Å²) >= 11 is 0. The van der Waals surface area contributed by atoms with Gasteiger partial charge in [-0.25, -0.2) is 0 Å². The van der Waals surface area contributed by atoms with E-state index in [0.717, 1.165) is 25.3 Å². The van der Waals surface area contributed by atoms with Crippen LogP contribution in [0.2, 0.25) is 0 Å². The summed E-state index contributed by atoms with van der Waals surface area (Å²) in [6, 6.07) is 8.71. The highest BCUT2D eigenvalue weighted by molar-refractivity contribution is 5.97. The Morgan fingerprint density at radius 3 is 3.00 bits per heavy atom. The second kappa shape index (κ2) is 5.99. The van der Waals surface area contributed by atoms with E-state index >= 15 is 0 Å². The third-order valence-corrected chi connectivity index (χ3v) is 4.91. The molecule has 0 aliphatic carbocycles. The number of carbonyl (C=O) groups excluding carboxylic acids is 1. The van der Waals surface area contributed by atoms with E-state index in [4.69, 9.17) is 9.47 Å². The second-order valence-corrected chi connectivity index (χ2v) is 6.28. The SMILES string of the molecule is O=C([C@H]1COCCO1)N1C[C@@H]2CCCN2Cc2ccccc21. The first kappa shape index (κ1) is 14.2. The van der Waals surface area contributed by atoms with E-state index < -0.39 is 6.10 Å². The van der Waals surface area contributed by atoms with Gasteiger partial charge in [-0.15, -0.1) is 0 Å². The molecule has 5 heteroatoms. The van der Waals surface area contributed by atoms with Gasteiger partial charge in [0.05, 0.1) is 19.8 Å². The number of hydrogen-bond donors (Lipinski definition) is 0. The molecule has 5 nitrogen and oxygen atoms in total. The lowest BCUT2D eigenvalue weighted by Gasteiger charge is -2.31. The van der Waals surface area contributed by atoms with Crippen molar-refractivity contribution in [2.45, 2.75) is 31.5 Å². The molecule has 1 aromatic rings. The smallest absolute Gasteiger partial charge is 0.258 e. The Bertz CT molecular complexity index is 557. The van der Waals surface area contributed by atoms with Gasteiger partial charge in [0.1, 0.15) is 0 Å². The maximum atomic E-state index is 13.0. The molecule has 3 aliphatic heterocycles. The van der Waals surface area contributed by atoms with Crippen LogP contribution >= 0.6 is 0 Å². The standard InChI is InChI=1S/C17H22N2O3/c20-17(16-12-21-8-9-22-16)19-11-14-5-3-7-18(14)10-13-4-1-2-6-15(13)19/h1-2,4,6,14,16H,3,5,7-12H2/t14-,16+/m0/s1. The number of nitrogens with zero attached hydrogens (tertiary/aromatic N) is 2. The number of benzene rings is 1. The summed E-state index contributed by atoms with van der Waals surface area (Å²) in [5.41, 5.74) is 2.27. The van der Waals surface area contributed by atoms with Gasteiger partial charge in [0.25, 0.3) is 5.91 Å². The van der Waals surface area contributed by atoms with Crippen molar-refractivity contribution in [3.05, 3.63) is 29.8 Å². The van der Waals surface area contributed by atoms with Gasteiger partial charge >= 0.3 is 0 Å². The van der Waals surface area contributed by atoms with E-state index in [2.05, 4.69) is 23.1 Å². The number of amides is 1. The van der Waals surface area contributed by atoms with Crippen molar-refractivity contribution in [2.24, 2.45) is 0 Å². The molecule has 2 atom stereocenters. The summed E-state index contributed by atoms with van der Waals surface area (Å²) in [4.78, 5) is 17.4. The normalized spacial score (nSPS) is 28.8. The van der Waals surface area contributed by atoms with E-state index in [1.165, 1.54) is 18.4 Å². The summed E-state index contributed by atoms with van der Waals surface area (Å²) in [5.74, 6) is 0.0425. The molecular formula is C17H22N2O3. The molecule has 0 aromatic heterocycles. The summed E-state index contributed by atoms with van der Waals surface area (Å²) in [5, 5.41) is 0. The summed E-state index contributed by atoms with van der Waals surface area (Å²) < 4.78 is 11.0. The molecule has 0 N–H and O–H groups in total. The largest absolute Gasteiger partial charge is 0.376 e. The van der Waals surface area contributed by atoms with Crippen molar-refractivity contribution >= 4 is 11.6 Å². The maximum Gasteiger partial charge on any atom is 0.258 e. The fourth-order valence-corrected chi connectivity index (χ4v) is 3.76. The molecular weight excluding hydrogens is 280 g/mol. The number of ether oxygens (including phenoxy) is 2. The average molecular weight is 302 g/mol. The number of rotatable bonds is 1. The molecule has 0 bridgehead atoms. The van der Waals surface area contributed by atoms with Gasteiger partial charge < -0.3 is 14.4 Å². The van der Waals surface area contributed by atoms with Crippen molar-refractivity contribution in [3.63, 3.8) is 0 Å². The van der Waals surface area contributed by atoms with Crippen LogP contribution in [0.4, 0.5) is 5.69 Å². The van der Waals surface area contributed by atoms with Gasteiger partial charge in [-0.1, -0.05) is 18.2 Å². The van der Waals surface area contributed by atoms with E-state index in [-0.39, 0.29) is 5.91 Å². The number of para-hydroxylation sites is 1. The predicted molar refractivity (Wildman–Crippen MR) is 82.8 cm³/mol. The van der Waals surface area contributed by atoms with Crippen molar-refractivity contribution in [1.29, 1.82) is 0 Å². The number of carbonyl (C=O) groups is 1. The molecule has 0 radical (unpaired) electrons. The zero-order valence-corrected chi connectivity index (χ0v) is 12.7. The Hall–Kier alpha value is -1.43. The Morgan fingerprint density at radius 2 is 2.14 bits per heavy atom. The van der Waals surface area contributed by atoms with Crippen LogP contribution in [0, 0.1) is 0 Å². The monoisotopic (exact) mass is 302 g/mol. The van der Waals surface area contributed by atoms with E-state index in [1.54, 1.807) is 0 Å². The van der Waals surface area contributed by atoms with Crippen LogP contribution < -0.4 is 4.90 Å². The van der Waals surface area contributed by atoms with Crippen molar-refractivity contribution in [1.82, 2.24) is 4.90 Å². The molecule has 0 unspecified atom stereocenters. The molecule has 0 spiro atoms. The Labute approximate surface area is 130 Å². The molecule has 2 fully saturated rings. The van der Waals surface area contributed by atoms with Crippen LogP contribution in [0.25, 0.3) is 0 Å². The Morgan fingerprint density at radius 1 is 1.23 bits per heavy atom. The zero-order chi connectivity index (χ0) is 14.9. The van der Waals surface area contributed by atoms with Gasteiger partial charge in [-0.05, 0) is 31.0 Å². The van der Waals surface area contributed by atoms with E-state index in [0.29, 0.717) is 25.9 Å². The van der Waals surface area contributed by atoms with Gasteiger partial charge in [0.15, 0.2) is 6.10 Å².